The molecule has 0 N–H and O–H groups in total. The zero-order valence-corrected chi connectivity index (χ0v) is 12.9. The standard InChI is InChI=1S/C14H10BrNO3S/c1-9-2-3-10(8-12(9)16(18)19)13(17)6-4-11-5-7-14(15)20-11/h2-8H,1H3/b6-4+. The summed E-state index contributed by atoms with van der Waals surface area (Å²) in [7, 11) is 0. The largest absolute Gasteiger partial charge is 0.289 e. The van der Waals surface area contributed by atoms with Gasteiger partial charge in [0.25, 0.3) is 5.69 Å². The SMILES string of the molecule is Cc1ccc(C(=O)/C=C/c2ccc(Br)s2)cc1[N+](=O)[O-]. The fraction of sp³-hybridized carbons (Fsp3) is 0.0714. The lowest BCUT2D eigenvalue weighted by molar-refractivity contribution is -0.385. The third-order valence-corrected chi connectivity index (χ3v) is 4.27. The number of carbonyl (C=O) groups is 1. The van der Waals surface area contributed by atoms with Gasteiger partial charge in [-0.05, 0) is 47.1 Å². The van der Waals surface area contributed by atoms with E-state index < -0.39 is 4.92 Å². The number of hydrogen-bond donors (Lipinski definition) is 0. The molecule has 2 rings (SSSR count). The molecular weight excluding hydrogens is 342 g/mol. The summed E-state index contributed by atoms with van der Waals surface area (Å²) >= 11 is 4.85. The Morgan fingerprint density at radius 1 is 1.35 bits per heavy atom. The van der Waals surface area contributed by atoms with Gasteiger partial charge in [-0.3, -0.25) is 14.9 Å². The second kappa shape index (κ2) is 6.11. The van der Waals surface area contributed by atoms with Crippen LogP contribution in [0.15, 0.2) is 40.2 Å². The molecule has 0 aliphatic rings. The quantitative estimate of drug-likeness (QED) is 0.349. The average Bonchev–Trinajstić information content (AvgIpc) is 2.82. The lowest BCUT2D eigenvalue weighted by Gasteiger charge is -1.99. The van der Waals surface area contributed by atoms with Crippen molar-refractivity contribution in [1.82, 2.24) is 0 Å². The van der Waals surface area contributed by atoms with Crippen LogP contribution in [0.25, 0.3) is 6.08 Å². The third kappa shape index (κ3) is 3.40. The number of hydrogen-bond acceptors (Lipinski definition) is 4. The van der Waals surface area contributed by atoms with Crippen LogP contribution in [0.5, 0.6) is 0 Å². The molecule has 0 bridgehead atoms. The van der Waals surface area contributed by atoms with Crippen LogP contribution in [0.3, 0.4) is 0 Å². The molecule has 1 heterocycles. The van der Waals surface area contributed by atoms with Crippen LogP contribution >= 0.6 is 27.3 Å². The van der Waals surface area contributed by atoms with Crippen LogP contribution in [-0.2, 0) is 0 Å². The maximum absolute atomic E-state index is 12.0. The van der Waals surface area contributed by atoms with Crippen molar-refractivity contribution in [2.45, 2.75) is 6.92 Å². The molecule has 6 heteroatoms. The van der Waals surface area contributed by atoms with Crippen molar-refractivity contribution in [2.24, 2.45) is 0 Å². The summed E-state index contributed by atoms with van der Waals surface area (Å²) in [4.78, 5) is 23.3. The molecule has 2 aromatic rings. The van der Waals surface area contributed by atoms with E-state index in [9.17, 15) is 14.9 Å². The number of nitro groups is 1. The molecule has 1 aromatic carbocycles. The van der Waals surface area contributed by atoms with Crippen molar-refractivity contribution in [3.8, 4) is 0 Å². The first-order chi connectivity index (χ1) is 9.47. The van der Waals surface area contributed by atoms with Crippen molar-refractivity contribution in [3.63, 3.8) is 0 Å². The normalized spacial score (nSPS) is 10.9. The van der Waals surface area contributed by atoms with Crippen LogP contribution in [0.4, 0.5) is 5.69 Å². The first-order valence-corrected chi connectivity index (χ1v) is 7.31. The van der Waals surface area contributed by atoms with E-state index >= 15 is 0 Å². The van der Waals surface area contributed by atoms with E-state index in [4.69, 9.17) is 0 Å². The van der Waals surface area contributed by atoms with Gasteiger partial charge in [0.1, 0.15) is 0 Å². The summed E-state index contributed by atoms with van der Waals surface area (Å²) in [6, 6.07) is 8.27. The zero-order valence-electron chi connectivity index (χ0n) is 10.5. The van der Waals surface area contributed by atoms with E-state index in [-0.39, 0.29) is 11.5 Å². The number of carbonyl (C=O) groups excluding carboxylic acids is 1. The predicted molar refractivity (Wildman–Crippen MR) is 83.2 cm³/mol. The molecule has 1 aromatic heterocycles. The molecule has 102 valence electrons. The number of thiophene rings is 1. The number of nitrogens with zero attached hydrogens (tertiary/aromatic N) is 1. The Bertz CT molecular complexity index is 706. The van der Waals surface area contributed by atoms with E-state index in [1.54, 1.807) is 25.1 Å². The first kappa shape index (κ1) is 14.6. The highest BCUT2D eigenvalue weighted by atomic mass is 79.9. The minimum Gasteiger partial charge on any atom is -0.289 e. The second-order valence-corrected chi connectivity index (χ2v) is 6.59. The van der Waals surface area contributed by atoms with Crippen molar-refractivity contribution in [2.75, 3.05) is 0 Å². The molecule has 0 aliphatic heterocycles. The molecule has 0 saturated heterocycles. The summed E-state index contributed by atoms with van der Waals surface area (Å²) in [5.41, 5.74) is 0.815. The van der Waals surface area contributed by atoms with Crippen LogP contribution in [0.1, 0.15) is 20.8 Å². The van der Waals surface area contributed by atoms with Gasteiger partial charge in [-0.2, -0.15) is 0 Å². The first-order valence-electron chi connectivity index (χ1n) is 5.70. The predicted octanol–water partition coefficient (Wildman–Crippen LogP) is 4.62. The minimum atomic E-state index is -0.480. The topological polar surface area (TPSA) is 60.2 Å². The molecule has 0 amide bonds. The van der Waals surface area contributed by atoms with Gasteiger partial charge >= 0.3 is 0 Å². The summed E-state index contributed by atoms with van der Waals surface area (Å²) in [6.45, 7) is 1.64. The van der Waals surface area contributed by atoms with E-state index in [1.807, 2.05) is 12.1 Å². The van der Waals surface area contributed by atoms with E-state index in [0.29, 0.717) is 11.1 Å². The Balaban J connectivity index is 2.23. The summed E-state index contributed by atoms with van der Waals surface area (Å²) in [5.74, 6) is -0.252. The molecule has 0 radical (unpaired) electrons. The Labute approximate surface area is 128 Å². The second-order valence-electron chi connectivity index (χ2n) is 4.10. The van der Waals surface area contributed by atoms with Gasteiger partial charge in [-0.15, -0.1) is 11.3 Å². The van der Waals surface area contributed by atoms with Crippen LogP contribution in [0.2, 0.25) is 0 Å². The Morgan fingerprint density at radius 3 is 2.70 bits per heavy atom. The lowest BCUT2D eigenvalue weighted by atomic mass is 10.1. The van der Waals surface area contributed by atoms with Gasteiger partial charge in [0.2, 0.25) is 0 Å². The molecule has 20 heavy (non-hydrogen) atoms. The fourth-order valence-electron chi connectivity index (χ4n) is 1.63. The lowest BCUT2D eigenvalue weighted by Crippen LogP contribution is -1.98. The van der Waals surface area contributed by atoms with Crippen molar-refractivity contribution < 1.29 is 9.72 Å². The smallest absolute Gasteiger partial charge is 0.273 e. The molecule has 0 fully saturated rings. The highest BCUT2D eigenvalue weighted by Crippen LogP contribution is 2.24. The van der Waals surface area contributed by atoms with Gasteiger partial charge in [-0.1, -0.05) is 12.1 Å². The van der Waals surface area contributed by atoms with Gasteiger partial charge in [-0.25, -0.2) is 0 Å². The van der Waals surface area contributed by atoms with Crippen molar-refractivity contribution in [3.05, 3.63) is 66.3 Å². The third-order valence-electron chi connectivity index (χ3n) is 2.68. The number of ketones is 1. The number of rotatable bonds is 4. The number of allylic oxidation sites excluding steroid dienone is 1. The molecule has 0 saturated carbocycles. The fourth-order valence-corrected chi connectivity index (χ4v) is 2.96. The van der Waals surface area contributed by atoms with Gasteiger partial charge < -0.3 is 0 Å². The number of halogens is 1. The summed E-state index contributed by atoms with van der Waals surface area (Å²) < 4.78 is 0.982. The van der Waals surface area contributed by atoms with Gasteiger partial charge in [0.05, 0.1) is 8.71 Å². The summed E-state index contributed by atoms with van der Waals surface area (Å²) in [5, 5.41) is 10.9. The molecule has 0 aliphatic carbocycles. The van der Waals surface area contributed by atoms with Gasteiger partial charge in [0, 0.05) is 22.1 Å². The average molecular weight is 352 g/mol. The highest BCUT2D eigenvalue weighted by molar-refractivity contribution is 9.11. The minimum absolute atomic E-state index is 0.0388. The Hall–Kier alpha value is -1.79. The van der Waals surface area contributed by atoms with Gasteiger partial charge in [0.15, 0.2) is 5.78 Å². The van der Waals surface area contributed by atoms with Crippen LogP contribution in [0, 0.1) is 17.0 Å². The van der Waals surface area contributed by atoms with Crippen molar-refractivity contribution in [1.29, 1.82) is 0 Å². The zero-order chi connectivity index (χ0) is 14.7. The molecule has 0 atom stereocenters. The number of benzene rings is 1. The molecule has 0 spiro atoms. The van der Waals surface area contributed by atoms with Crippen LogP contribution < -0.4 is 0 Å². The van der Waals surface area contributed by atoms with Crippen LogP contribution in [-0.4, -0.2) is 10.7 Å². The maximum atomic E-state index is 12.0. The monoisotopic (exact) mass is 351 g/mol. The van der Waals surface area contributed by atoms with E-state index in [2.05, 4.69) is 15.9 Å². The Morgan fingerprint density at radius 2 is 2.10 bits per heavy atom. The Kier molecular flexibility index (Phi) is 4.46. The van der Waals surface area contributed by atoms with E-state index in [1.165, 1.54) is 23.5 Å². The number of aryl methyl sites for hydroxylation is 1. The molecule has 4 nitrogen and oxygen atoms in total. The maximum Gasteiger partial charge on any atom is 0.273 e. The summed E-state index contributed by atoms with van der Waals surface area (Å²) in [6.07, 6.45) is 3.12. The number of nitro benzene ring substituents is 1. The van der Waals surface area contributed by atoms with Crippen molar-refractivity contribution >= 4 is 44.8 Å². The molecular formula is C14H10BrNO3S. The van der Waals surface area contributed by atoms with E-state index in [0.717, 1.165) is 8.66 Å². The molecule has 0 unspecified atom stereocenters. The highest BCUT2D eigenvalue weighted by Gasteiger charge is 2.13.